The van der Waals surface area contributed by atoms with Crippen LogP contribution in [0.3, 0.4) is 0 Å². The highest BCUT2D eigenvalue weighted by molar-refractivity contribution is 5.34. The Kier molecular flexibility index (Phi) is 6.78. The summed E-state index contributed by atoms with van der Waals surface area (Å²) in [6, 6.07) is 3.54. The molecular formula is C21H30F2N4O. The van der Waals surface area contributed by atoms with Crippen LogP contribution in [0.4, 0.5) is 8.78 Å². The van der Waals surface area contributed by atoms with Gasteiger partial charge in [0.2, 0.25) is 0 Å². The fraction of sp³-hybridized carbons (Fsp3) is 0.619. The molecule has 1 aliphatic rings. The topological polar surface area (TPSA) is 66.0 Å². The summed E-state index contributed by atoms with van der Waals surface area (Å²) in [6.45, 7) is 6.92. The minimum Gasteiger partial charge on any atom is -0.377 e. The van der Waals surface area contributed by atoms with Gasteiger partial charge in [0.15, 0.2) is 11.6 Å². The molecule has 3 rings (SSSR count). The van der Waals surface area contributed by atoms with Crippen molar-refractivity contribution in [3.8, 4) is 5.69 Å². The SMILES string of the molecule is CCCO[C@@H]1C[C@@H](c2nc(CC(C)C)nn2-c2ccc(F)cc2F)CC[C@H]1N. The second kappa shape index (κ2) is 9.09. The van der Waals surface area contributed by atoms with Crippen molar-refractivity contribution in [1.82, 2.24) is 14.8 Å². The molecule has 3 atom stereocenters. The van der Waals surface area contributed by atoms with Crippen LogP contribution in [-0.4, -0.2) is 33.5 Å². The summed E-state index contributed by atoms with van der Waals surface area (Å²) in [4.78, 5) is 4.75. The molecule has 1 saturated carbocycles. The highest BCUT2D eigenvalue weighted by Crippen LogP contribution is 2.34. The fourth-order valence-corrected chi connectivity index (χ4v) is 3.76. The van der Waals surface area contributed by atoms with Crippen molar-refractivity contribution in [2.24, 2.45) is 11.7 Å². The van der Waals surface area contributed by atoms with Gasteiger partial charge in [-0.15, -0.1) is 0 Å². The van der Waals surface area contributed by atoms with Crippen LogP contribution in [0, 0.1) is 17.6 Å². The Hall–Kier alpha value is -1.86. The molecule has 2 aromatic rings. The molecule has 0 spiro atoms. The molecule has 1 aromatic carbocycles. The van der Waals surface area contributed by atoms with E-state index in [2.05, 4.69) is 25.9 Å². The highest BCUT2D eigenvalue weighted by atomic mass is 19.1. The molecule has 28 heavy (non-hydrogen) atoms. The number of nitrogens with zero attached hydrogens (tertiary/aromatic N) is 3. The summed E-state index contributed by atoms with van der Waals surface area (Å²) in [5, 5.41) is 4.56. The van der Waals surface area contributed by atoms with E-state index in [0.29, 0.717) is 30.6 Å². The largest absolute Gasteiger partial charge is 0.377 e. The minimum atomic E-state index is -0.645. The average Bonchev–Trinajstić information content (AvgIpc) is 3.03. The Balaban J connectivity index is 1.95. The summed E-state index contributed by atoms with van der Waals surface area (Å²) in [6.07, 6.45) is 3.97. The van der Waals surface area contributed by atoms with Crippen molar-refractivity contribution in [3.63, 3.8) is 0 Å². The molecule has 0 bridgehead atoms. The number of halogens is 2. The molecule has 1 aliphatic carbocycles. The van der Waals surface area contributed by atoms with Crippen LogP contribution in [0.2, 0.25) is 0 Å². The third-order valence-corrected chi connectivity index (χ3v) is 5.15. The maximum absolute atomic E-state index is 14.5. The Morgan fingerprint density at radius 3 is 2.75 bits per heavy atom. The number of benzene rings is 1. The second-order valence-corrected chi connectivity index (χ2v) is 8.07. The molecule has 0 unspecified atom stereocenters. The van der Waals surface area contributed by atoms with Crippen LogP contribution in [-0.2, 0) is 11.2 Å². The van der Waals surface area contributed by atoms with Crippen molar-refractivity contribution >= 4 is 0 Å². The molecule has 1 heterocycles. The number of hydrogen-bond donors (Lipinski definition) is 1. The summed E-state index contributed by atoms with van der Waals surface area (Å²) < 4.78 is 35.4. The number of hydrogen-bond acceptors (Lipinski definition) is 4. The van der Waals surface area contributed by atoms with E-state index in [0.717, 1.165) is 31.7 Å². The summed E-state index contributed by atoms with van der Waals surface area (Å²) in [7, 11) is 0. The van der Waals surface area contributed by atoms with E-state index in [-0.39, 0.29) is 23.8 Å². The van der Waals surface area contributed by atoms with Gasteiger partial charge in [0.25, 0.3) is 0 Å². The predicted molar refractivity (Wildman–Crippen MR) is 104 cm³/mol. The molecule has 2 N–H and O–H groups in total. The fourth-order valence-electron chi connectivity index (χ4n) is 3.76. The third-order valence-electron chi connectivity index (χ3n) is 5.15. The maximum atomic E-state index is 14.5. The zero-order valence-corrected chi connectivity index (χ0v) is 16.9. The summed E-state index contributed by atoms with van der Waals surface area (Å²) >= 11 is 0. The van der Waals surface area contributed by atoms with Gasteiger partial charge in [0.1, 0.15) is 17.3 Å². The van der Waals surface area contributed by atoms with Crippen LogP contribution in [0.25, 0.3) is 5.69 Å². The van der Waals surface area contributed by atoms with Crippen molar-refractivity contribution in [3.05, 3.63) is 41.5 Å². The van der Waals surface area contributed by atoms with E-state index in [1.165, 1.54) is 12.1 Å². The summed E-state index contributed by atoms with van der Waals surface area (Å²) in [5.41, 5.74) is 6.47. The smallest absolute Gasteiger partial charge is 0.151 e. The van der Waals surface area contributed by atoms with Gasteiger partial charge >= 0.3 is 0 Å². The lowest BCUT2D eigenvalue weighted by molar-refractivity contribution is 0.00883. The molecule has 7 heteroatoms. The van der Waals surface area contributed by atoms with E-state index >= 15 is 0 Å². The lowest BCUT2D eigenvalue weighted by atomic mass is 9.83. The molecule has 0 radical (unpaired) electrons. The molecule has 5 nitrogen and oxygen atoms in total. The molecule has 0 saturated heterocycles. The zero-order valence-electron chi connectivity index (χ0n) is 16.9. The Bertz CT molecular complexity index is 793. The monoisotopic (exact) mass is 392 g/mol. The van der Waals surface area contributed by atoms with Crippen LogP contribution in [0.1, 0.15) is 64.0 Å². The number of nitrogens with two attached hydrogens (primary N) is 1. The number of aromatic nitrogens is 3. The van der Waals surface area contributed by atoms with Crippen molar-refractivity contribution in [2.75, 3.05) is 6.61 Å². The van der Waals surface area contributed by atoms with Gasteiger partial charge in [0, 0.05) is 31.1 Å². The van der Waals surface area contributed by atoms with Crippen LogP contribution in [0.5, 0.6) is 0 Å². The first-order chi connectivity index (χ1) is 13.4. The molecule has 0 aliphatic heterocycles. The lowest BCUT2D eigenvalue weighted by Gasteiger charge is -2.33. The zero-order chi connectivity index (χ0) is 20.3. The van der Waals surface area contributed by atoms with E-state index in [4.69, 9.17) is 15.5 Å². The van der Waals surface area contributed by atoms with Crippen molar-refractivity contribution in [1.29, 1.82) is 0 Å². The first-order valence-electron chi connectivity index (χ1n) is 10.2. The van der Waals surface area contributed by atoms with E-state index < -0.39 is 11.6 Å². The second-order valence-electron chi connectivity index (χ2n) is 8.07. The van der Waals surface area contributed by atoms with E-state index in [9.17, 15) is 8.78 Å². The predicted octanol–water partition coefficient (Wildman–Crippen LogP) is 4.13. The van der Waals surface area contributed by atoms with E-state index in [1.807, 2.05) is 0 Å². The number of ether oxygens (including phenoxy) is 1. The van der Waals surface area contributed by atoms with Gasteiger partial charge in [-0.05, 0) is 43.7 Å². The Morgan fingerprint density at radius 2 is 2.07 bits per heavy atom. The first-order valence-corrected chi connectivity index (χ1v) is 10.2. The molecular weight excluding hydrogens is 362 g/mol. The summed E-state index contributed by atoms with van der Waals surface area (Å²) in [5.74, 6) is 0.574. The normalized spacial score (nSPS) is 22.8. The first kappa shape index (κ1) is 20.9. The van der Waals surface area contributed by atoms with Gasteiger partial charge in [-0.25, -0.2) is 18.4 Å². The number of rotatable bonds is 7. The lowest BCUT2D eigenvalue weighted by Crippen LogP contribution is -2.42. The molecule has 0 amide bonds. The van der Waals surface area contributed by atoms with Gasteiger partial charge in [-0.2, -0.15) is 5.10 Å². The van der Waals surface area contributed by atoms with Gasteiger partial charge in [-0.1, -0.05) is 20.8 Å². The van der Waals surface area contributed by atoms with Crippen LogP contribution in [0.15, 0.2) is 18.2 Å². The standard InChI is InChI=1S/C21H30F2N4O/c1-4-9-28-19-11-14(5-7-17(19)24)21-25-20(10-13(2)3)26-27(21)18-8-6-15(22)12-16(18)23/h6,8,12-14,17,19H,4-5,7,9-11,24H2,1-3H3/t14-,17+,19+/m0/s1. The third kappa shape index (κ3) is 4.75. The van der Waals surface area contributed by atoms with Crippen LogP contribution < -0.4 is 5.73 Å². The molecule has 1 aromatic heterocycles. The molecule has 1 fully saturated rings. The average molecular weight is 392 g/mol. The Labute approximate surface area is 165 Å². The van der Waals surface area contributed by atoms with Gasteiger partial charge in [-0.3, -0.25) is 0 Å². The maximum Gasteiger partial charge on any atom is 0.151 e. The molecule has 154 valence electrons. The van der Waals surface area contributed by atoms with Crippen molar-refractivity contribution in [2.45, 2.75) is 70.9 Å². The van der Waals surface area contributed by atoms with Gasteiger partial charge in [0.05, 0.1) is 6.10 Å². The highest BCUT2D eigenvalue weighted by Gasteiger charge is 2.33. The van der Waals surface area contributed by atoms with Gasteiger partial charge < -0.3 is 10.5 Å². The Morgan fingerprint density at radius 1 is 1.29 bits per heavy atom. The van der Waals surface area contributed by atoms with Crippen molar-refractivity contribution < 1.29 is 13.5 Å². The quantitative estimate of drug-likeness (QED) is 0.769. The van der Waals surface area contributed by atoms with Crippen LogP contribution >= 0.6 is 0 Å². The minimum absolute atomic E-state index is 0.00290. The van der Waals surface area contributed by atoms with E-state index in [1.54, 1.807) is 4.68 Å².